The van der Waals surface area contributed by atoms with Crippen molar-refractivity contribution in [3.8, 4) is 0 Å². The number of nitrogens with one attached hydrogen (secondary N) is 1. The number of hydrogen-bond acceptors (Lipinski definition) is 4. The molecule has 0 aliphatic rings. The van der Waals surface area contributed by atoms with E-state index >= 15 is 0 Å². The highest BCUT2D eigenvalue weighted by Gasteiger charge is 2.24. The van der Waals surface area contributed by atoms with Gasteiger partial charge >= 0.3 is 0 Å². The zero-order valence-electron chi connectivity index (χ0n) is 23.1. The Morgan fingerprint density at radius 3 is 1.72 bits per heavy atom. The lowest BCUT2D eigenvalue weighted by Gasteiger charge is -2.21. The number of unbranched alkanes of at least 4 members (excludes halogenated alkanes) is 15. The summed E-state index contributed by atoms with van der Waals surface area (Å²) in [5.41, 5.74) is 0. The second-order valence-corrected chi connectivity index (χ2v) is 11.5. The van der Waals surface area contributed by atoms with Crippen LogP contribution in [0.1, 0.15) is 136 Å². The number of aliphatic hydroxyl groups is 1. The lowest BCUT2D eigenvalue weighted by atomic mass is 10.1. The van der Waals surface area contributed by atoms with Crippen molar-refractivity contribution >= 4 is 16.0 Å². The zero-order valence-corrected chi connectivity index (χ0v) is 24.0. The van der Waals surface area contributed by atoms with Crippen LogP contribution in [-0.4, -0.2) is 41.9 Å². The molecule has 0 heterocycles. The lowest BCUT2D eigenvalue weighted by molar-refractivity contribution is -0.122. The van der Waals surface area contributed by atoms with Crippen LogP contribution < -0.4 is 5.32 Å². The fourth-order valence-electron chi connectivity index (χ4n) is 4.15. The topological polar surface area (TPSA) is 104 Å². The predicted octanol–water partition coefficient (Wildman–Crippen LogP) is 7.28. The van der Waals surface area contributed by atoms with Crippen molar-refractivity contribution in [3.63, 3.8) is 0 Å². The van der Waals surface area contributed by atoms with Crippen LogP contribution in [0.15, 0.2) is 24.3 Å². The molecule has 0 rings (SSSR count). The van der Waals surface area contributed by atoms with Gasteiger partial charge < -0.3 is 10.4 Å². The number of allylic oxidation sites excluding steroid dienone is 3. The van der Waals surface area contributed by atoms with E-state index < -0.39 is 28.0 Å². The Morgan fingerprint density at radius 2 is 1.17 bits per heavy atom. The summed E-state index contributed by atoms with van der Waals surface area (Å²) < 4.78 is 31.8. The van der Waals surface area contributed by atoms with Gasteiger partial charge in [-0.2, -0.15) is 8.42 Å². The molecule has 0 aromatic carbocycles. The van der Waals surface area contributed by atoms with Crippen molar-refractivity contribution in [2.45, 2.75) is 148 Å². The van der Waals surface area contributed by atoms with E-state index in [0.29, 0.717) is 0 Å². The first-order valence-corrected chi connectivity index (χ1v) is 16.1. The second kappa shape index (κ2) is 24.2. The van der Waals surface area contributed by atoms with Gasteiger partial charge in [0.2, 0.25) is 5.91 Å². The summed E-state index contributed by atoms with van der Waals surface area (Å²) >= 11 is 0. The van der Waals surface area contributed by atoms with Gasteiger partial charge in [-0.1, -0.05) is 109 Å². The molecule has 212 valence electrons. The molecule has 1 amide bonds. The van der Waals surface area contributed by atoms with Gasteiger partial charge in [0.15, 0.2) is 0 Å². The van der Waals surface area contributed by atoms with Gasteiger partial charge in [0, 0.05) is 6.42 Å². The fraction of sp³-hybridized carbons (Fsp3) is 0.828. The summed E-state index contributed by atoms with van der Waals surface area (Å²) in [6.45, 7) is 4.35. The van der Waals surface area contributed by atoms with Crippen molar-refractivity contribution < 1.29 is 22.9 Å². The summed E-state index contributed by atoms with van der Waals surface area (Å²) in [5, 5.41) is 12.9. The molecule has 0 spiro atoms. The molecular weight excluding hydrogens is 474 g/mol. The van der Waals surface area contributed by atoms with Crippen LogP contribution in [-0.2, 0) is 14.9 Å². The lowest BCUT2D eigenvalue weighted by Crippen LogP contribution is -2.46. The molecule has 0 radical (unpaired) electrons. The van der Waals surface area contributed by atoms with E-state index in [1.54, 1.807) is 6.08 Å². The molecule has 0 aliphatic carbocycles. The van der Waals surface area contributed by atoms with Crippen LogP contribution in [0.3, 0.4) is 0 Å². The molecular formula is C29H55NO5S. The minimum absolute atomic E-state index is 0.285. The number of carbonyl (C=O) groups excluding carboxylic acids is 1. The van der Waals surface area contributed by atoms with Crippen LogP contribution >= 0.6 is 0 Å². The van der Waals surface area contributed by atoms with E-state index in [0.717, 1.165) is 64.2 Å². The molecule has 3 N–H and O–H groups in total. The normalized spacial score (nSPS) is 14.0. The highest BCUT2D eigenvalue weighted by molar-refractivity contribution is 7.85. The average molecular weight is 530 g/mol. The minimum atomic E-state index is -4.32. The number of aliphatic hydroxyl groups excluding tert-OH is 1. The maximum atomic E-state index is 12.3. The van der Waals surface area contributed by atoms with Crippen molar-refractivity contribution in [1.29, 1.82) is 0 Å². The molecule has 7 heteroatoms. The Labute approximate surface area is 222 Å². The molecule has 0 fully saturated rings. The van der Waals surface area contributed by atoms with Crippen molar-refractivity contribution in [3.05, 3.63) is 24.3 Å². The summed E-state index contributed by atoms with van der Waals surface area (Å²) in [7, 11) is -4.32. The molecule has 0 aromatic rings. The largest absolute Gasteiger partial charge is 0.387 e. The Balaban J connectivity index is 3.95. The molecule has 36 heavy (non-hydrogen) atoms. The predicted molar refractivity (Wildman–Crippen MR) is 152 cm³/mol. The maximum Gasteiger partial charge on any atom is 0.267 e. The Hall–Kier alpha value is -1.18. The maximum absolute atomic E-state index is 12.3. The molecule has 2 unspecified atom stereocenters. The van der Waals surface area contributed by atoms with Gasteiger partial charge in [-0.05, 0) is 44.9 Å². The number of rotatable bonds is 25. The van der Waals surface area contributed by atoms with Crippen LogP contribution in [0.4, 0.5) is 0 Å². The SMILES string of the molecule is CCCCC/C=C/C(O)C(CS(=O)(=O)O)NC(=O)CCCCCCC/C=C\CCCCCCCCC. The molecule has 0 aromatic heterocycles. The van der Waals surface area contributed by atoms with Crippen molar-refractivity contribution in [2.24, 2.45) is 0 Å². The van der Waals surface area contributed by atoms with Crippen molar-refractivity contribution in [1.82, 2.24) is 5.32 Å². The van der Waals surface area contributed by atoms with Gasteiger partial charge in [0.25, 0.3) is 10.1 Å². The Bertz CT molecular complexity index is 675. The third-order valence-electron chi connectivity index (χ3n) is 6.37. The first-order valence-electron chi connectivity index (χ1n) is 14.5. The van der Waals surface area contributed by atoms with E-state index in [1.165, 1.54) is 57.4 Å². The second-order valence-electron chi connectivity index (χ2n) is 10.0. The first-order chi connectivity index (χ1) is 17.3. The third-order valence-corrected chi connectivity index (χ3v) is 7.15. The number of carbonyl (C=O) groups is 1. The molecule has 2 atom stereocenters. The summed E-state index contributed by atoms with van der Waals surface area (Å²) in [6, 6.07) is -1.05. The quantitative estimate of drug-likeness (QED) is 0.0654. The van der Waals surface area contributed by atoms with Crippen molar-refractivity contribution in [2.75, 3.05) is 5.75 Å². The Morgan fingerprint density at radius 1 is 0.722 bits per heavy atom. The van der Waals surface area contributed by atoms with E-state index in [4.69, 9.17) is 0 Å². The molecule has 0 saturated carbocycles. The van der Waals surface area contributed by atoms with E-state index in [-0.39, 0.29) is 12.3 Å². The van der Waals surface area contributed by atoms with Gasteiger partial charge in [-0.15, -0.1) is 0 Å². The monoisotopic (exact) mass is 529 g/mol. The summed E-state index contributed by atoms with van der Waals surface area (Å²) in [4.78, 5) is 12.3. The average Bonchev–Trinajstić information content (AvgIpc) is 2.82. The number of amides is 1. The highest BCUT2D eigenvalue weighted by Crippen LogP contribution is 2.11. The van der Waals surface area contributed by atoms with Crippen LogP contribution in [0.5, 0.6) is 0 Å². The zero-order chi connectivity index (χ0) is 26.9. The van der Waals surface area contributed by atoms with Crippen LogP contribution in [0.25, 0.3) is 0 Å². The molecule has 0 bridgehead atoms. The van der Waals surface area contributed by atoms with E-state index in [9.17, 15) is 22.9 Å². The van der Waals surface area contributed by atoms with E-state index in [1.807, 2.05) is 0 Å². The Kier molecular flexibility index (Phi) is 23.4. The first kappa shape index (κ1) is 34.8. The molecule has 0 saturated heterocycles. The molecule has 0 aliphatic heterocycles. The third kappa shape index (κ3) is 24.5. The summed E-state index contributed by atoms with van der Waals surface area (Å²) in [6.07, 6.45) is 27.7. The highest BCUT2D eigenvalue weighted by atomic mass is 32.2. The van der Waals surface area contributed by atoms with E-state index in [2.05, 4.69) is 31.3 Å². The summed E-state index contributed by atoms with van der Waals surface area (Å²) in [5.74, 6) is -0.999. The van der Waals surface area contributed by atoms with Crippen LogP contribution in [0, 0.1) is 0 Å². The minimum Gasteiger partial charge on any atom is -0.387 e. The van der Waals surface area contributed by atoms with Gasteiger partial charge in [0.05, 0.1) is 17.9 Å². The number of hydrogen-bond donors (Lipinski definition) is 3. The van der Waals surface area contributed by atoms with Gasteiger partial charge in [0.1, 0.15) is 0 Å². The smallest absolute Gasteiger partial charge is 0.267 e. The van der Waals surface area contributed by atoms with Crippen LogP contribution in [0.2, 0.25) is 0 Å². The standard InChI is InChI=1S/C29H55NO5S/c1-3-5-7-9-10-11-12-13-14-15-16-17-18-19-21-23-25-29(32)30-27(26-36(33,34)35)28(31)24-22-20-8-6-4-2/h14-15,22,24,27-28,31H,3-13,16-21,23,25-26H2,1-2H3,(H,30,32)(H,33,34,35)/b15-14-,24-22+. The van der Waals surface area contributed by atoms with Gasteiger partial charge in [-0.3, -0.25) is 9.35 Å². The fourth-order valence-corrected chi connectivity index (χ4v) is 4.88. The van der Waals surface area contributed by atoms with Gasteiger partial charge in [-0.25, -0.2) is 0 Å². The molecule has 6 nitrogen and oxygen atoms in total.